The molecule has 0 bridgehead atoms. The zero-order valence-corrected chi connectivity index (χ0v) is 20.3. The summed E-state index contributed by atoms with van der Waals surface area (Å²) in [4.78, 5) is 23.8. The van der Waals surface area contributed by atoms with Crippen LogP contribution in [0.4, 0.5) is 10.6 Å². The molecule has 1 saturated carbocycles. The number of halogens is 1. The van der Waals surface area contributed by atoms with Gasteiger partial charge in [0.05, 0.1) is 18.2 Å². The molecule has 180 valence electrons. The molecular weight excluding hydrogens is 450 g/mol. The Morgan fingerprint density at radius 3 is 2.67 bits per heavy atom. The van der Waals surface area contributed by atoms with Gasteiger partial charge in [0.1, 0.15) is 17.8 Å². The molecule has 2 aromatic heterocycles. The number of ether oxygens (including phenoxy) is 4. The fraction of sp³-hybridized carbons (Fsp3) is 0.727. The molecule has 5 rings (SSSR count). The molecule has 0 unspecified atom stereocenters. The van der Waals surface area contributed by atoms with E-state index in [1.165, 1.54) is 0 Å². The quantitative estimate of drug-likeness (QED) is 0.603. The molecule has 10 nitrogen and oxygen atoms in total. The fourth-order valence-electron chi connectivity index (χ4n) is 4.87. The van der Waals surface area contributed by atoms with E-state index in [1.807, 2.05) is 34.6 Å². The van der Waals surface area contributed by atoms with Crippen molar-refractivity contribution in [1.29, 1.82) is 0 Å². The molecule has 0 radical (unpaired) electrons. The van der Waals surface area contributed by atoms with Crippen LogP contribution in [-0.4, -0.2) is 62.1 Å². The van der Waals surface area contributed by atoms with E-state index >= 15 is 0 Å². The van der Waals surface area contributed by atoms with Gasteiger partial charge in [-0.05, 0) is 59.1 Å². The summed E-state index contributed by atoms with van der Waals surface area (Å²) in [5.74, 6) is -0.301. The Morgan fingerprint density at radius 1 is 1.24 bits per heavy atom. The summed E-state index contributed by atoms with van der Waals surface area (Å²) in [6.07, 6.45) is 3.94. The van der Waals surface area contributed by atoms with Gasteiger partial charge < -0.3 is 18.9 Å². The summed E-state index contributed by atoms with van der Waals surface area (Å²) in [5, 5.41) is 5.16. The first-order chi connectivity index (χ1) is 15.5. The minimum atomic E-state index is -0.700. The van der Waals surface area contributed by atoms with Crippen molar-refractivity contribution in [2.45, 2.75) is 96.2 Å². The number of hydrogen-bond donors (Lipinski definition) is 0. The third kappa shape index (κ3) is 4.29. The van der Waals surface area contributed by atoms with Crippen molar-refractivity contribution in [3.05, 3.63) is 11.5 Å². The number of hydrogen-bond acceptors (Lipinski definition) is 8. The van der Waals surface area contributed by atoms with Crippen LogP contribution in [0.3, 0.4) is 0 Å². The van der Waals surface area contributed by atoms with Crippen molar-refractivity contribution < 1.29 is 23.7 Å². The SMILES string of the molecule is CC(C)(C)OC(=O)N(c1nc(Cl)nc2c1cnn2[C@@H]1OC[C@H]2OC(C)(C)O[C@@H]12)C1CCCC1. The number of carbonyl (C=O) groups excluding carboxylic acids is 1. The number of carbonyl (C=O) groups is 1. The Labute approximate surface area is 197 Å². The lowest BCUT2D eigenvalue weighted by molar-refractivity contribution is -0.184. The monoisotopic (exact) mass is 479 g/mol. The highest BCUT2D eigenvalue weighted by atomic mass is 35.5. The first-order valence-electron chi connectivity index (χ1n) is 11.4. The molecule has 11 heteroatoms. The second kappa shape index (κ2) is 8.04. The molecule has 3 fully saturated rings. The molecule has 2 aromatic rings. The first-order valence-corrected chi connectivity index (χ1v) is 11.8. The highest BCUT2D eigenvalue weighted by Gasteiger charge is 2.51. The highest BCUT2D eigenvalue weighted by Crippen LogP contribution is 2.41. The van der Waals surface area contributed by atoms with E-state index in [1.54, 1.807) is 15.8 Å². The largest absolute Gasteiger partial charge is 0.443 e. The van der Waals surface area contributed by atoms with Gasteiger partial charge in [0.25, 0.3) is 0 Å². The van der Waals surface area contributed by atoms with Gasteiger partial charge in [0.15, 0.2) is 23.5 Å². The lowest BCUT2D eigenvalue weighted by atomic mass is 10.2. The highest BCUT2D eigenvalue weighted by molar-refractivity contribution is 6.28. The summed E-state index contributed by atoms with van der Waals surface area (Å²) < 4.78 is 25.3. The van der Waals surface area contributed by atoms with Crippen LogP contribution < -0.4 is 4.90 Å². The normalized spacial score (nSPS) is 27.3. The molecule has 3 aliphatic rings. The van der Waals surface area contributed by atoms with Crippen LogP contribution in [0, 0.1) is 0 Å². The van der Waals surface area contributed by atoms with Crippen molar-refractivity contribution in [3.8, 4) is 0 Å². The van der Waals surface area contributed by atoms with Gasteiger partial charge in [-0.25, -0.2) is 9.48 Å². The summed E-state index contributed by atoms with van der Waals surface area (Å²) in [7, 11) is 0. The maximum atomic E-state index is 13.3. The number of rotatable bonds is 3. The summed E-state index contributed by atoms with van der Waals surface area (Å²) in [5.41, 5.74) is -0.177. The van der Waals surface area contributed by atoms with E-state index in [4.69, 9.17) is 30.5 Å². The molecule has 2 aliphatic heterocycles. The van der Waals surface area contributed by atoms with Crippen molar-refractivity contribution in [3.63, 3.8) is 0 Å². The molecule has 0 aromatic carbocycles. The van der Waals surface area contributed by atoms with Gasteiger partial charge in [0.2, 0.25) is 5.28 Å². The molecule has 1 aliphatic carbocycles. The molecule has 0 spiro atoms. The van der Waals surface area contributed by atoms with Crippen LogP contribution in [0.15, 0.2) is 6.20 Å². The smallest absolute Gasteiger partial charge is 0.416 e. The standard InChI is InChI=1S/C22H30ClN5O5/c1-21(2,3)33-20(29)27(12-8-6-7-9-12)16-13-10-24-28(17(13)26-19(23)25-16)18-15-14(11-30-18)31-22(4,5)32-15/h10,12,14-15,18H,6-9,11H2,1-5H3/t14-,15-,18-/m1/s1. The predicted octanol–water partition coefficient (Wildman–Crippen LogP) is 4.21. The van der Waals surface area contributed by atoms with Crippen molar-refractivity contribution in [2.75, 3.05) is 11.5 Å². The summed E-state index contributed by atoms with van der Waals surface area (Å²) in [6.45, 7) is 9.67. The van der Waals surface area contributed by atoms with Crippen molar-refractivity contribution >= 4 is 34.5 Å². The van der Waals surface area contributed by atoms with Crippen LogP contribution >= 0.6 is 11.6 Å². The number of amides is 1. The molecule has 0 N–H and O–H groups in total. The van der Waals surface area contributed by atoms with Crippen LogP contribution in [0.1, 0.15) is 66.5 Å². The van der Waals surface area contributed by atoms with E-state index in [9.17, 15) is 4.79 Å². The summed E-state index contributed by atoms with van der Waals surface area (Å²) in [6, 6.07) is -0.0307. The van der Waals surface area contributed by atoms with E-state index in [2.05, 4.69) is 15.1 Å². The minimum absolute atomic E-state index is 0.0178. The lowest BCUT2D eigenvalue weighted by Crippen LogP contribution is -2.43. The molecule has 2 saturated heterocycles. The second-order valence-corrected chi connectivity index (χ2v) is 10.6. The van der Waals surface area contributed by atoms with Gasteiger partial charge in [-0.3, -0.25) is 4.90 Å². The number of fused-ring (bicyclic) bond motifs is 2. The van der Waals surface area contributed by atoms with Gasteiger partial charge >= 0.3 is 6.09 Å². The average Bonchev–Trinajstić information content (AvgIpc) is 3.44. The topological polar surface area (TPSA) is 101 Å². The molecular formula is C22H30ClN5O5. The molecule has 1 amide bonds. The van der Waals surface area contributed by atoms with Crippen LogP contribution in [0.2, 0.25) is 5.28 Å². The third-order valence-electron chi connectivity index (χ3n) is 6.09. The van der Waals surface area contributed by atoms with E-state index < -0.39 is 23.7 Å². The molecule has 3 atom stereocenters. The van der Waals surface area contributed by atoms with Gasteiger partial charge in [0, 0.05) is 6.04 Å². The number of aromatic nitrogens is 4. The Hall–Kier alpha value is -2.01. The molecule has 4 heterocycles. The minimum Gasteiger partial charge on any atom is -0.443 e. The Morgan fingerprint density at radius 2 is 1.97 bits per heavy atom. The Balaban J connectivity index is 1.56. The van der Waals surface area contributed by atoms with Crippen molar-refractivity contribution in [2.24, 2.45) is 0 Å². The maximum absolute atomic E-state index is 13.3. The van der Waals surface area contributed by atoms with E-state index in [0.717, 1.165) is 25.7 Å². The van der Waals surface area contributed by atoms with Crippen LogP contribution in [-0.2, 0) is 18.9 Å². The Kier molecular flexibility index (Phi) is 5.55. The van der Waals surface area contributed by atoms with Gasteiger partial charge in [-0.2, -0.15) is 15.1 Å². The van der Waals surface area contributed by atoms with Gasteiger partial charge in [-0.15, -0.1) is 0 Å². The third-order valence-corrected chi connectivity index (χ3v) is 6.26. The number of nitrogens with zero attached hydrogens (tertiary/aromatic N) is 5. The predicted molar refractivity (Wildman–Crippen MR) is 120 cm³/mol. The average molecular weight is 480 g/mol. The first kappa shape index (κ1) is 22.8. The van der Waals surface area contributed by atoms with Crippen LogP contribution in [0.25, 0.3) is 11.0 Å². The van der Waals surface area contributed by atoms with Crippen molar-refractivity contribution in [1.82, 2.24) is 19.7 Å². The lowest BCUT2D eigenvalue weighted by Gasteiger charge is -2.31. The van der Waals surface area contributed by atoms with Crippen LogP contribution in [0.5, 0.6) is 0 Å². The van der Waals surface area contributed by atoms with E-state index in [-0.39, 0.29) is 23.5 Å². The maximum Gasteiger partial charge on any atom is 0.416 e. The summed E-state index contributed by atoms with van der Waals surface area (Å²) >= 11 is 6.37. The van der Waals surface area contributed by atoms with Gasteiger partial charge in [-0.1, -0.05) is 12.8 Å². The fourth-order valence-corrected chi connectivity index (χ4v) is 5.03. The zero-order valence-electron chi connectivity index (χ0n) is 19.6. The van der Waals surface area contributed by atoms with E-state index in [0.29, 0.717) is 23.5 Å². The molecule has 33 heavy (non-hydrogen) atoms. The zero-order chi connectivity index (χ0) is 23.5. The number of anilines is 1. The second-order valence-electron chi connectivity index (χ2n) is 10.3. The Bertz CT molecular complexity index is 1060.